The molecule has 3 heteroatoms. The van der Waals surface area contributed by atoms with Crippen LogP contribution < -0.4 is 5.32 Å². The summed E-state index contributed by atoms with van der Waals surface area (Å²) in [6.07, 6.45) is 5.93. The van der Waals surface area contributed by atoms with E-state index in [1.54, 1.807) is 0 Å². The van der Waals surface area contributed by atoms with Crippen LogP contribution in [-0.4, -0.2) is 29.9 Å². The van der Waals surface area contributed by atoms with Gasteiger partial charge >= 0.3 is 0 Å². The topological polar surface area (TPSA) is 32.3 Å². The number of amides is 1. The number of nitrogens with zero attached hydrogens (tertiary/aromatic N) is 1. The molecule has 4 rings (SSSR count). The maximum atomic E-state index is 12.8. The van der Waals surface area contributed by atoms with E-state index in [0.717, 1.165) is 37.4 Å². The standard InChI is InChI=1S/C16H20N2O/c19-16(18-10-11-6-7-12(18)9-11)14-3-1-5-15-13(14)4-2-8-17-15/h1,3,5,11-12,17H,2,4,6-10H2. The molecule has 2 fully saturated rings. The van der Waals surface area contributed by atoms with Gasteiger partial charge in [0.05, 0.1) is 0 Å². The Morgan fingerprint density at radius 3 is 3.05 bits per heavy atom. The number of carbonyl (C=O) groups excluding carboxylic acids is 1. The second kappa shape index (κ2) is 4.26. The summed E-state index contributed by atoms with van der Waals surface area (Å²) in [6.45, 7) is 2.01. The molecule has 2 heterocycles. The Balaban J connectivity index is 1.67. The number of anilines is 1. The molecule has 2 aliphatic heterocycles. The highest BCUT2D eigenvalue weighted by atomic mass is 16.2. The van der Waals surface area contributed by atoms with Crippen LogP contribution in [0.15, 0.2) is 18.2 Å². The Hall–Kier alpha value is -1.51. The van der Waals surface area contributed by atoms with Crippen molar-refractivity contribution in [3.63, 3.8) is 0 Å². The number of hydrogen-bond acceptors (Lipinski definition) is 2. The molecule has 1 saturated carbocycles. The van der Waals surface area contributed by atoms with E-state index in [1.807, 2.05) is 12.1 Å². The second-order valence-electron chi connectivity index (χ2n) is 6.15. The molecule has 19 heavy (non-hydrogen) atoms. The molecule has 1 aromatic rings. The minimum absolute atomic E-state index is 0.271. The van der Waals surface area contributed by atoms with Crippen molar-refractivity contribution >= 4 is 11.6 Å². The molecule has 0 spiro atoms. The molecule has 100 valence electrons. The quantitative estimate of drug-likeness (QED) is 0.838. The highest BCUT2D eigenvalue weighted by Gasteiger charge is 2.40. The summed E-state index contributed by atoms with van der Waals surface area (Å²) >= 11 is 0. The lowest BCUT2D eigenvalue weighted by Crippen LogP contribution is -2.38. The number of benzene rings is 1. The Labute approximate surface area is 114 Å². The van der Waals surface area contributed by atoms with Gasteiger partial charge in [0.25, 0.3) is 5.91 Å². The average molecular weight is 256 g/mol. The van der Waals surface area contributed by atoms with Gasteiger partial charge in [-0.2, -0.15) is 0 Å². The predicted molar refractivity (Wildman–Crippen MR) is 75.4 cm³/mol. The van der Waals surface area contributed by atoms with Gasteiger partial charge in [0, 0.05) is 30.4 Å². The van der Waals surface area contributed by atoms with Gasteiger partial charge < -0.3 is 10.2 Å². The summed E-state index contributed by atoms with van der Waals surface area (Å²) in [5.74, 6) is 1.04. The smallest absolute Gasteiger partial charge is 0.254 e. The van der Waals surface area contributed by atoms with Crippen LogP contribution >= 0.6 is 0 Å². The molecule has 0 aromatic heterocycles. The van der Waals surface area contributed by atoms with E-state index in [1.165, 1.54) is 30.5 Å². The molecule has 1 aromatic carbocycles. The van der Waals surface area contributed by atoms with Crippen molar-refractivity contribution in [1.29, 1.82) is 0 Å². The summed E-state index contributed by atoms with van der Waals surface area (Å²) < 4.78 is 0. The number of likely N-dealkylation sites (tertiary alicyclic amines) is 1. The maximum absolute atomic E-state index is 12.8. The third-order valence-corrected chi connectivity index (χ3v) is 5.00. The van der Waals surface area contributed by atoms with Crippen molar-refractivity contribution in [1.82, 2.24) is 4.90 Å². The first kappa shape index (κ1) is 11.3. The third kappa shape index (κ3) is 1.75. The van der Waals surface area contributed by atoms with Gasteiger partial charge in [-0.3, -0.25) is 4.79 Å². The van der Waals surface area contributed by atoms with E-state index in [0.29, 0.717) is 6.04 Å². The lowest BCUT2D eigenvalue weighted by Gasteiger charge is -2.29. The van der Waals surface area contributed by atoms with Crippen LogP contribution in [0.25, 0.3) is 0 Å². The van der Waals surface area contributed by atoms with Crippen molar-refractivity contribution < 1.29 is 4.79 Å². The summed E-state index contributed by atoms with van der Waals surface area (Å²) in [4.78, 5) is 14.9. The first-order valence-electron chi connectivity index (χ1n) is 7.49. The zero-order valence-corrected chi connectivity index (χ0v) is 11.2. The monoisotopic (exact) mass is 256 g/mol. The Morgan fingerprint density at radius 1 is 1.32 bits per heavy atom. The van der Waals surface area contributed by atoms with Gasteiger partial charge in [-0.05, 0) is 55.7 Å². The van der Waals surface area contributed by atoms with E-state index in [9.17, 15) is 4.79 Å². The summed E-state index contributed by atoms with van der Waals surface area (Å²) in [7, 11) is 0. The number of carbonyl (C=O) groups is 1. The predicted octanol–water partition coefficient (Wildman–Crippen LogP) is 2.67. The normalized spacial score (nSPS) is 28.1. The molecular weight excluding hydrogens is 236 g/mol. The Bertz CT molecular complexity index is 525. The summed E-state index contributed by atoms with van der Waals surface area (Å²) in [6, 6.07) is 6.64. The van der Waals surface area contributed by atoms with Crippen LogP contribution in [0.2, 0.25) is 0 Å². The SMILES string of the molecule is O=C(c1cccc2c1CCCN2)N1CC2CCC1C2. The molecular formula is C16H20N2O. The van der Waals surface area contributed by atoms with Crippen molar-refractivity contribution in [2.24, 2.45) is 5.92 Å². The minimum Gasteiger partial charge on any atom is -0.385 e. The van der Waals surface area contributed by atoms with Crippen LogP contribution in [0.1, 0.15) is 41.6 Å². The molecule has 2 unspecified atom stereocenters. The van der Waals surface area contributed by atoms with E-state index >= 15 is 0 Å². The van der Waals surface area contributed by atoms with Crippen LogP contribution in [0.4, 0.5) is 5.69 Å². The molecule has 1 N–H and O–H groups in total. The van der Waals surface area contributed by atoms with Crippen molar-refractivity contribution in [2.75, 3.05) is 18.4 Å². The minimum atomic E-state index is 0.271. The van der Waals surface area contributed by atoms with E-state index in [-0.39, 0.29) is 5.91 Å². The van der Waals surface area contributed by atoms with Crippen LogP contribution in [0.3, 0.4) is 0 Å². The fourth-order valence-corrected chi connectivity index (χ4v) is 4.04. The van der Waals surface area contributed by atoms with Crippen molar-refractivity contribution in [2.45, 2.75) is 38.1 Å². The van der Waals surface area contributed by atoms with Gasteiger partial charge in [0.1, 0.15) is 0 Å². The van der Waals surface area contributed by atoms with Crippen LogP contribution in [0.5, 0.6) is 0 Å². The van der Waals surface area contributed by atoms with Gasteiger partial charge in [-0.1, -0.05) is 6.07 Å². The molecule has 0 radical (unpaired) electrons. The summed E-state index contributed by atoms with van der Waals surface area (Å²) in [5.41, 5.74) is 3.35. The third-order valence-electron chi connectivity index (χ3n) is 5.00. The first-order valence-corrected chi connectivity index (χ1v) is 7.49. The highest BCUT2D eigenvalue weighted by molar-refractivity contribution is 5.97. The molecule has 2 atom stereocenters. The Kier molecular flexibility index (Phi) is 2.54. The zero-order valence-electron chi connectivity index (χ0n) is 11.2. The number of rotatable bonds is 1. The van der Waals surface area contributed by atoms with E-state index in [2.05, 4.69) is 16.3 Å². The fourth-order valence-electron chi connectivity index (χ4n) is 4.04. The van der Waals surface area contributed by atoms with Gasteiger partial charge in [-0.25, -0.2) is 0 Å². The number of piperidine rings is 1. The molecule has 3 aliphatic rings. The lowest BCUT2D eigenvalue weighted by atomic mass is 9.96. The molecule has 2 bridgehead atoms. The molecule has 3 nitrogen and oxygen atoms in total. The van der Waals surface area contributed by atoms with Crippen LogP contribution in [-0.2, 0) is 6.42 Å². The van der Waals surface area contributed by atoms with Gasteiger partial charge in [-0.15, -0.1) is 0 Å². The van der Waals surface area contributed by atoms with Crippen molar-refractivity contribution in [3.05, 3.63) is 29.3 Å². The number of nitrogens with one attached hydrogen (secondary N) is 1. The highest BCUT2D eigenvalue weighted by Crippen LogP contribution is 2.39. The van der Waals surface area contributed by atoms with E-state index < -0.39 is 0 Å². The number of fused-ring (bicyclic) bond motifs is 3. The fraction of sp³-hybridized carbons (Fsp3) is 0.562. The average Bonchev–Trinajstić information content (AvgIpc) is 3.08. The zero-order chi connectivity index (χ0) is 12.8. The maximum Gasteiger partial charge on any atom is 0.254 e. The first-order chi connectivity index (χ1) is 9.33. The lowest BCUT2D eigenvalue weighted by molar-refractivity contribution is 0.0702. The Morgan fingerprint density at radius 2 is 2.26 bits per heavy atom. The van der Waals surface area contributed by atoms with Crippen LogP contribution in [0, 0.1) is 5.92 Å². The largest absolute Gasteiger partial charge is 0.385 e. The van der Waals surface area contributed by atoms with Gasteiger partial charge in [0.15, 0.2) is 0 Å². The van der Waals surface area contributed by atoms with Gasteiger partial charge in [0.2, 0.25) is 0 Å². The molecule has 1 saturated heterocycles. The second-order valence-corrected chi connectivity index (χ2v) is 6.15. The number of hydrogen-bond donors (Lipinski definition) is 1. The summed E-state index contributed by atoms with van der Waals surface area (Å²) in [5, 5.41) is 3.41. The molecule has 1 amide bonds. The van der Waals surface area contributed by atoms with E-state index in [4.69, 9.17) is 0 Å². The molecule has 1 aliphatic carbocycles. The van der Waals surface area contributed by atoms with Crippen molar-refractivity contribution in [3.8, 4) is 0 Å².